The molecule has 3 rings (SSSR count). The first-order valence-corrected chi connectivity index (χ1v) is 7.62. The number of hydrogen-bond donors (Lipinski definition) is 1. The molecule has 1 N–H and O–H groups in total. The first kappa shape index (κ1) is 14.3. The number of unbranched alkanes of at least 4 members (excludes halogenated alkanes) is 1. The molecule has 0 radical (unpaired) electrons. The Kier molecular flexibility index (Phi) is 4.19. The van der Waals surface area contributed by atoms with Gasteiger partial charge in [-0.1, -0.05) is 49.7 Å². The largest absolute Gasteiger partial charge is 0.289 e. The average Bonchev–Trinajstić information content (AvgIpc) is 2.91. The average molecular weight is 293 g/mol. The number of nitrogens with one attached hydrogen (secondary N) is 1. The lowest BCUT2D eigenvalue weighted by molar-refractivity contribution is 0.782. The van der Waals surface area contributed by atoms with Crippen LogP contribution in [0.3, 0.4) is 0 Å². The van der Waals surface area contributed by atoms with Crippen LogP contribution in [-0.2, 0) is 6.42 Å². The third-order valence-corrected chi connectivity index (χ3v) is 3.71. The zero-order chi connectivity index (χ0) is 15.4. The second-order valence-electron chi connectivity index (χ2n) is 5.26. The molecule has 0 aliphatic carbocycles. The maximum absolute atomic E-state index is 12.8. The highest BCUT2D eigenvalue weighted by Crippen LogP contribution is 2.21. The molecule has 4 heteroatoms. The summed E-state index contributed by atoms with van der Waals surface area (Å²) in [6.45, 7) is 2.13. The summed E-state index contributed by atoms with van der Waals surface area (Å²) in [5.74, 6) is 0.618. The van der Waals surface area contributed by atoms with Crippen LogP contribution in [0.4, 0.5) is 0 Å². The normalized spacial score (nSPS) is 10.8. The molecule has 0 aliphatic rings. The Hall–Kier alpha value is -2.62. The van der Waals surface area contributed by atoms with Crippen molar-refractivity contribution in [2.75, 3.05) is 0 Å². The number of benzene rings is 1. The molecule has 0 aliphatic heterocycles. The molecular weight excluding hydrogens is 274 g/mol. The van der Waals surface area contributed by atoms with Crippen molar-refractivity contribution in [1.82, 2.24) is 14.8 Å². The highest BCUT2D eigenvalue weighted by Gasteiger charge is 2.16. The predicted octanol–water partition coefficient (Wildman–Crippen LogP) is 3.57. The van der Waals surface area contributed by atoms with Gasteiger partial charge in [-0.05, 0) is 30.5 Å². The van der Waals surface area contributed by atoms with E-state index in [1.807, 2.05) is 48.5 Å². The van der Waals surface area contributed by atoms with E-state index in [1.165, 1.54) is 4.68 Å². The summed E-state index contributed by atoms with van der Waals surface area (Å²) in [4.78, 5) is 17.0. The van der Waals surface area contributed by atoms with Crippen LogP contribution >= 0.6 is 0 Å². The van der Waals surface area contributed by atoms with Gasteiger partial charge in [-0.15, -0.1) is 0 Å². The molecule has 112 valence electrons. The minimum absolute atomic E-state index is 0.00833. The molecule has 1 aromatic carbocycles. The lowest BCUT2D eigenvalue weighted by atomic mass is 10.0. The second kappa shape index (κ2) is 6.43. The number of hydrogen-bond acceptors (Lipinski definition) is 2. The van der Waals surface area contributed by atoms with Gasteiger partial charge in [0.15, 0.2) is 5.82 Å². The third-order valence-electron chi connectivity index (χ3n) is 3.71. The molecular formula is C18H19N3O. The van der Waals surface area contributed by atoms with Crippen LogP contribution in [0.5, 0.6) is 0 Å². The van der Waals surface area contributed by atoms with Gasteiger partial charge in [0.2, 0.25) is 0 Å². The van der Waals surface area contributed by atoms with Crippen molar-refractivity contribution in [3.63, 3.8) is 0 Å². The minimum Gasteiger partial charge on any atom is -0.289 e. The lowest BCUT2D eigenvalue weighted by Crippen LogP contribution is -2.18. The summed E-state index contributed by atoms with van der Waals surface area (Å²) in [7, 11) is 0. The number of H-pyrrole nitrogens is 1. The fourth-order valence-corrected chi connectivity index (χ4v) is 2.55. The van der Waals surface area contributed by atoms with Gasteiger partial charge in [-0.3, -0.25) is 9.89 Å². The molecule has 0 bridgehead atoms. The van der Waals surface area contributed by atoms with Gasteiger partial charge >= 0.3 is 0 Å². The Morgan fingerprint density at radius 3 is 2.55 bits per heavy atom. The van der Waals surface area contributed by atoms with Crippen LogP contribution < -0.4 is 5.56 Å². The Bertz CT molecular complexity index is 788. The molecule has 22 heavy (non-hydrogen) atoms. The van der Waals surface area contributed by atoms with Crippen LogP contribution in [0.1, 0.15) is 25.3 Å². The fraction of sp³-hybridized carbons (Fsp3) is 0.222. The maximum Gasteiger partial charge on any atom is 0.276 e. The Labute approximate surface area is 129 Å². The standard InChI is InChI=1S/C18H19N3O/c1-2-3-11-15-17(14-9-5-4-6-10-14)20-21(18(15)22)16-12-7-8-13-19-16/h4-10,12-13,20H,2-3,11H2,1H3. The summed E-state index contributed by atoms with van der Waals surface area (Å²) in [5.41, 5.74) is 2.75. The smallest absolute Gasteiger partial charge is 0.276 e. The molecule has 0 saturated carbocycles. The van der Waals surface area contributed by atoms with Gasteiger partial charge in [-0.2, -0.15) is 0 Å². The van der Waals surface area contributed by atoms with Crippen LogP contribution in [0, 0.1) is 0 Å². The molecule has 0 fully saturated rings. The molecule has 0 spiro atoms. The molecule has 3 aromatic rings. The third kappa shape index (κ3) is 2.72. The van der Waals surface area contributed by atoms with E-state index in [9.17, 15) is 4.79 Å². The minimum atomic E-state index is -0.00833. The van der Waals surface area contributed by atoms with Gasteiger partial charge in [-0.25, -0.2) is 9.67 Å². The van der Waals surface area contributed by atoms with E-state index in [1.54, 1.807) is 6.20 Å². The van der Waals surface area contributed by atoms with E-state index >= 15 is 0 Å². The topological polar surface area (TPSA) is 50.7 Å². The Morgan fingerprint density at radius 1 is 1.09 bits per heavy atom. The Morgan fingerprint density at radius 2 is 1.86 bits per heavy atom. The van der Waals surface area contributed by atoms with Crippen molar-refractivity contribution in [3.05, 3.63) is 70.6 Å². The first-order chi connectivity index (χ1) is 10.8. The SMILES string of the molecule is CCCCc1c(-c2ccccc2)[nH]n(-c2ccccn2)c1=O. The summed E-state index contributed by atoms with van der Waals surface area (Å²) in [6.07, 6.45) is 4.52. The van der Waals surface area contributed by atoms with Crippen molar-refractivity contribution >= 4 is 0 Å². The number of aromatic amines is 1. The number of pyridine rings is 1. The lowest BCUT2D eigenvalue weighted by Gasteiger charge is -2.02. The van der Waals surface area contributed by atoms with Gasteiger partial charge in [0.1, 0.15) is 0 Å². The van der Waals surface area contributed by atoms with E-state index in [2.05, 4.69) is 17.0 Å². The molecule has 0 amide bonds. The van der Waals surface area contributed by atoms with E-state index in [4.69, 9.17) is 0 Å². The summed E-state index contributed by atoms with van der Waals surface area (Å²) in [5, 5.41) is 3.23. The van der Waals surface area contributed by atoms with Gasteiger partial charge in [0.05, 0.1) is 5.69 Å². The van der Waals surface area contributed by atoms with Gasteiger partial charge < -0.3 is 0 Å². The fourth-order valence-electron chi connectivity index (χ4n) is 2.55. The molecule has 2 heterocycles. The van der Waals surface area contributed by atoms with Crippen molar-refractivity contribution in [2.24, 2.45) is 0 Å². The molecule has 4 nitrogen and oxygen atoms in total. The van der Waals surface area contributed by atoms with Crippen molar-refractivity contribution in [1.29, 1.82) is 0 Å². The monoisotopic (exact) mass is 293 g/mol. The zero-order valence-corrected chi connectivity index (χ0v) is 12.6. The van der Waals surface area contributed by atoms with Gasteiger partial charge in [0.25, 0.3) is 5.56 Å². The Balaban J connectivity index is 2.14. The van der Waals surface area contributed by atoms with Crippen molar-refractivity contribution in [3.8, 4) is 17.1 Å². The van der Waals surface area contributed by atoms with Crippen molar-refractivity contribution < 1.29 is 0 Å². The number of rotatable bonds is 5. The van der Waals surface area contributed by atoms with E-state index in [-0.39, 0.29) is 5.56 Å². The summed E-state index contributed by atoms with van der Waals surface area (Å²) < 4.78 is 1.54. The summed E-state index contributed by atoms with van der Waals surface area (Å²) >= 11 is 0. The molecule has 0 saturated heterocycles. The van der Waals surface area contributed by atoms with Crippen LogP contribution in [-0.4, -0.2) is 14.8 Å². The second-order valence-corrected chi connectivity index (χ2v) is 5.26. The van der Waals surface area contributed by atoms with Crippen molar-refractivity contribution in [2.45, 2.75) is 26.2 Å². The molecule has 0 atom stereocenters. The van der Waals surface area contributed by atoms with E-state index in [0.29, 0.717) is 5.82 Å². The molecule has 2 aromatic heterocycles. The predicted molar refractivity (Wildman–Crippen MR) is 88.2 cm³/mol. The highest BCUT2D eigenvalue weighted by atomic mass is 16.1. The van der Waals surface area contributed by atoms with Crippen LogP contribution in [0.15, 0.2) is 59.5 Å². The maximum atomic E-state index is 12.8. The van der Waals surface area contributed by atoms with E-state index in [0.717, 1.165) is 36.1 Å². The van der Waals surface area contributed by atoms with Gasteiger partial charge in [0, 0.05) is 11.8 Å². The van der Waals surface area contributed by atoms with Crippen LogP contribution in [0.25, 0.3) is 17.1 Å². The number of aromatic nitrogens is 3. The number of nitrogens with zero attached hydrogens (tertiary/aromatic N) is 2. The van der Waals surface area contributed by atoms with Crippen LogP contribution in [0.2, 0.25) is 0 Å². The summed E-state index contributed by atoms with van der Waals surface area (Å²) in [6, 6.07) is 15.5. The van der Waals surface area contributed by atoms with E-state index < -0.39 is 0 Å². The first-order valence-electron chi connectivity index (χ1n) is 7.62. The quantitative estimate of drug-likeness (QED) is 0.782. The zero-order valence-electron chi connectivity index (χ0n) is 12.6. The molecule has 0 unspecified atom stereocenters. The highest BCUT2D eigenvalue weighted by molar-refractivity contribution is 5.63.